The molecule has 0 aliphatic rings. The van der Waals surface area contributed by atoms with Crippen molar-refractivity contribution in [3.05, 3.63) is 43.9 Å². The molecule has 0 radical (unpaired) electrons. The van der Waals surface area contributed by atoms with Gasteiger partial charge in [-0.25, -0.2) is 0 Å². The second-order valence-corrected chi connectivity index (χ2v) is 5.15. The van der Waals surface area contributed by atoms with E-state index in [1.165, 1.54) is 6.07 Å². The molecule has 0 unspecified atom stereocenters. The SMILES string of the molecule is Nc1nc(Oc2ccccc2I)c(Cl)cc1Cl. The van der Waals surface area contributed by atoms with Crippen LogP contribution in [-0.2, 0) is 0 Å². The molecular weight excluding hydrogens is 374 g/mol. The third kappa shape index (κ3) is 2.94. The van der Waals surface area contributed by atoms with Gasteiger partial charge in [-0.3, -0.25) is 0 Å². The number of hydrogen-bond acceptors (Lipinski definition) is 3. The molecule has 0 atom stereocenters. The van der Waals surface area contributed by atoms with Crippen molar-refractivity contribution in [2.24, 2.45) is 0 Å². The number of ether oxygens (including phenoxy) is 1. The van der Waals surface area contributed by atoms with Crippen LogP contribution in [0, 0.1) is 3.57 Å². The van der Waals surface area contributed by atoms with Crippen molar-refractivity contribution in [2.45, 2.75) is 0 Å². The molecule has 0 fully saturated rings. The van der Waals surface area contributed by atoms with Crippen molar-refractivity contribution in [2.75, 3.05) is 5.73 Å². The maximum atomic E-state index is 5.97. The fraction of sp³-hybridized carbons (Fsp3) is 0. The summed E-state index contributed by atoms with van der Waals surface area (Å²) in [6.45, 7) is 0. The number of para-hydroxylation sites is 1. The van der Waals surface area contributed by atoms with Gasteiger partial charge in [0.2, 0.25) is 5.88 Å². The van der Waals surface area contributed by atoms with Gasteiger partial charge in [0, 0.05) is 0 Å². The van der Waals surface area contributed by atoms with E-state index in [4.69, 9.17) is 33.7 Å². The number of nitrogens with zero attached hydrogens (tertiary/aromatic N) is 1. The summed E-state index contributed by atoms with van der Waals surface area (Å²) in [4.78, 5) is 4.00. The lowest BCUT2D eigenvalue weighted by atomic mass is 10.3. The Morgan fingerprint density at radius 2 is 1.88 bits per heavy atom. The second-order valence-electron chi connectivity index (χ2n) is 3.17. The van der Waals surface area contributed by atoms with E-state index in [0.29, 0.717) is 15.8 Å². The van der Waals surface area contributed by atoms with Crippen LogP contribution in [0.15, 0.2) is 30.3 Å². The first-order valence-corrected chi connectivity index (χ1v) is 6.45. The van der Waals surface area contributed by atoms with Crippen LogP contribution in [0.1, 0.15) is 0 Å². The van der Waals surface area contributed by atoms with E-state index in [0.717, 1.165) is 3.57 Å². The molecule has 1 aromatic heterocycles. The fourth-order valence-electron chi connectivity index (χ4n) is 1.17. The zero-order valence-electron chi connectivity index (χ0n) is 8.45. The number of pyridine rings is 1. The van der Waals surface area contributed by atoms with Crippen LogP contribution in [0.5, 0.6) is 11.6 Å². The molecular formula is C11H7Cl2IN2O. The molecule has 2 N–H and O–H groups in total. The van der Waals surface area contributed by atoms with Crippen LogP contribution in [0.2, 0.25) is 10.0 Å². The Bertz CT molecular complexity index is 563. The van der Waals surface area contributed by atoms with E-state index in [-0.39, 0.29) is 11.7 Å². The van der Waals surface area contributed by atoms with Crippen LogP contribution in [0.3, 0.4) is 0 Å². The van der Waals surface area contributed by atoms with Crippen LogP contribution in [0.4, 0.5) is 5.82 Å². The molecule has 0 saturated heterocycles. The zero-order chi connectivity index (χ0) is 12.4. The predicted octanol–water partition coefficient (Wildman–Crippen LogP) is 4.37. The maximum absolute atomic E-state index is 5.97. The maximum Gasteiger partial charge on any atom is 0.240 e. The van der Waals surface area contributed by atoms with Gasteiger partial charge in [0.25, 0.3) is 0 Å². The number of rotatable bonds is 2. The highest BCUT2D eigenvalue weighted by Crippen LogP contribution is 2.33. The number of hydrogen-bond donors (Lipinski definition) is 1. The molecule has 0 spiro atoms. The molecule has 6 heteroatoms. The van der Waals surface area contributed by atoms with Crippen LogP contribution in [0.25, 0.3) is 0 Å². The van der Waals surface area contributed by atoms with E-state index in [2.05, 4.69) is 27.6 Å². The third-order valence-corrected chi connectivity index (χ3v) is 3.43. The molecule has 2 aromatic rings. The lowest BCUT2D eigenvalue weighted by Crippen LogP contribution is -1.96. The van der Waals surface area contributed by atoms with Gasteiger partial charge in [0.15, 0.2) is 0 Å². The molecule has 2 rings (SSSR count). The molecule has 17 heavy (non-hydrogen) atoms. The second kappa shape index (κ2) is 5.29. The van der Waals surface area contributed by atoms with Crippen molar-refractivity contribution < 1.29 is 4.74 Å². The smallest absolute Gasteiger partial charge is 0.240 e. The molecule has 0 bridgehead atoms. The molecule has 0 aliphatic heterocycles. The normalized spacial score (nSPS) is 10.3. The molecule has 1 aromatic carbocycles. The summed E-state index contributed by atoms with van der Waals surface area (Å²) in [5.41, 5.74) is 5.60. The predicted molar refractivity (Wildman–Crippen MR) is 77.9 cm³/mol. The molecule has 88 valence electrons. The highest BCUT2D eigenvalue weighted by Gasteiger charge is 2.10. The van der Waals surface area contributed by atoms with Gasteiger partial charge in [0.05, 0.1) is 8.59 Å². The van der Waals surface area contributed by atoms with Gasteiger partial charge < -0.3 is 10.5 Å². The van der Waals surface area contributed by atoms with Crippen LogP contribution >= 0.6 is 45.8 Å². The minimum atomic E-state index is 0.192. The van der Waals surface area contributed by atoms with Crippen molar-refractivity contribution in [1.82, 2.24) is 4.98 Å². The summed E-state index contributed by atoms with van der Waals surface area (Å²) in [6.07, 6.45) is 0. The number of halogens is 3. The van der Waals surface area contributed by atoms with E-state index in [1.807, 2.05) is 24.3 Å². The first kappa shape index (κ1) is 12.7. The third-order valence-electron chi connectivity index (χ3n) is 1.97. The van der Waals surface area contributed by atoms with Crippen LogP contribution < -0.4 is 10.5 Å². The average molecular weight is 381 g/mol. The number of nitrogens with two attached hydrogens (primary N) is 1. The highest BCUT2D eigenvalue weighted by atomic mass is 127. The number of anilines is 1. The van der Waals surface area contributed by atoms with Gasteiger partial charge in [-0.2, -0.15) is 4.98 Å². The minimum absolute atomic E-state index is 0.192. The first-order chi connectivity index (χ1) is 8.08. The van der Waals surface area contributed by atoms with Gasteiger partial charge >= 0.3 is 0 Å². The lowest BCUT2D eigenvalue weighted by Gasteiger charge is -2.09. The Hall–Kier alpha value is -0.720. The van der Waals surface area contributed by atoms with Crippen LogP contribution in [-0.4, -0.2) is 4.98 Å². The highest BCUT2D eigenvalue weighted by molar-refractivity contribution is 14.1. The summed E-state index contributed by atoms with van der Waals surface area (Å²) in [6, 6.07) is 9.04. The standard InChI is InChI=1S/C11H7Cl2IN2O/c12-6-5-7(13)11(16-10(6)15)17-9-4-2-1-3-8(9)14/h1-5H,(H2,15,16). The topological polar surface area (TPSA) is 48.1 Å². The Balaban J connectivity index is 2.37. The summed E-state index contributed by atoms with van der Waals surface area (Å²) in [5, 5.41) is 0.633. The Labute approximate surface area is 122 Å². The zero-order valence-corrected chi connectivity index (χ0v) is 12.1. The van der Waals surface area contributed by atoms with Crippen molar-refractivity contribution in [1.29, 1.82) is 0 Å². The van der Waals surface area contributed by atoms with E-state index in [9.17, 15) is 0 Å². The fourth-order valence-corrected chi connectivity index (χ4v) is 2.06. The quantitative estimate of drug-likeness (QED) is 0.787. The first-order valence-electron chi connectivity index (χ1n) is 4.62. The Kier molecular flexibility index (Phi) is 3.96. The summed E-state index contributed by atoms with van der Waals surface area (Å²) in [5.74, 6) is 1.11. The van der Waals surface area contributed by atoms with Crippen molar-refractivity contribution >= 4 is 51.6 Å². The minimum Gasteiger partial charge on any atom is -0.436 e. The van der Waals surface area contributed by atoms with Gasteiger partial charge in [0.1, 0.15) is 16.6 Å². The van der Waals surface area contributed by atoms with Gasteiger partial charge in [-0.1, -0.05) is 35.3 Å². The van der Waals surface area contributed by atoms with Crippen molar-refractivity contribution in [3.8, 4) is 11.6 Å². The van der Waals surface area contributed by atoms with Gasteiger partial charge in [-0.15, -0.1) is 0 Å². The Morgan fingerprint density at radius 1 is 1.18 bits per heavy atom. The number of benzene rings is 1. The summed E-state index contributed by atoms with van der Waals surface area (Å²) < 4.78 is 6.54. The lowest BCUT2D eigenvalue weighted by molar-refractivity contribution is 0.461. The molecule has 0 aliphatic carbocycles. The molecule has 0 amide bonds. The average Bonchev–Trinajstić information content (AvgIpc) is 2.29. The monoisotopic (exact) mass is 380 g/mol. The summed E-state index contributed by atoms with van der Waals surface area (Å²) >= 11 is 13.9. The largest absolute Gasteiger partial charge is 0.436 e. The molecule has 3 nitrogen and oxygen atoms in total. The Morgan fingerprint density at radius 3 is 2.59 bits per heavy atom. The number of aromatic nitrogens is 1. The molecule has 0 saturated carbocycles. The van der Waals surface area contributed by atoms with E-state index >= 15 is 0 Å². The molecule has 1 heterocycles. The number of nitrogen functional groups attached to an aromatic ring is 1. The van der Waals surface area contributed by atoms with E-state index < -0.39 is 0 Å². The van der Waals surface area contributed by atoms with E-state index in [1.54, 1.807) is 0 Å². The summed E-state index contributed by atoms with van der Waals surface area (Å²) in [7, 11) is 0. The van der Waals surface area contributed by atoms with Gasteiger partial charge in [-0.05, 0) is 40.8 Å². The van der Waals surface area contributed by atoms with Crippen molar-refractivity contribution in [3.63, 3.8) is 0 Å².